The van der Waals surface area contributed by atoms with Crippen LogP contribution in [0, 0.1) is 5.82 Å². The summed E-state index contributed by atoms with van der Waals surface area (Å²) in [6, 6.07) is 11.0. The predicted molar refractivity (Wildman–Crippen MR) is 116 cm³/mol. The Bertz CT molecular complexity index is 1330. The van der Waals surface area contributed by atoms with Gasteiger partial charge in [-0.3, -0.25) is 9.36 Å². The monoisotopic (exact) mass is 453 g/mol. The Morgan fingerprint density at radius 1 is 1.12 bits per heavy atom. The number of carbonyl (C=O) groups excluding carboxylic acids is 2. The van der Waals surface area contributed by atoms with E-state index < -0.39 is 17.8 Å². The molecular formula is C23H20FN3O6. The largest absolute Gasteiger partial charge is 0.466 e. The van der Waals surface area contributed by atoms with Crippen molar-refractivity contribution in [2.45, 2.75) is 6.54 Å². The Morgan fingerprint density at radius 2 is 1.88 bits per heavy atom. The average molecular weight is 453 g/mol. The molecule has 0 saturated heterocycles. The normalized spacial score (nSPS) is 13.8. The maximum absolute atomic E-state index is 14.0. The number of hydrogen-bond acceptors (Lipinski definition) is 8. The molecule has 4 rings (SSSR count). The molecule has 0 saturated carbocycles. The van der Waals surface area contributed by atoms with E-state index >= 15 is 0 Å². The minimum Gasteiger partial charge on any atom is -0.466 e. The molecule has 3 aromatic rings. The molecule has 0 spiro atoms. The lowest BCUT2D eigenvalue weighted by molar-refractivity contribution is -0.140. The number of methoxy groups -OCH3 is 2. The summed E-state index contributed by atoms with van der Waals surface area (Å²) in [6.45, 7) is -0.102. The number of fused-ring (bicyclic) bond motifs is 1. The first-order valence-corrected chi connectivity index (χ1v) is 9.92. The van der Waals surface area contributed by atoms with Gasteiger partial charge >= 0.3 is 11.9 Å². The minimum absolute atomic E-state index is 0.0113. The number of esters is 2. The van der Waals surface area contributed by atoms with Crippen LogP contribution in [0.15, 0.2) is 64.9 Å². The second kappa shape index (κ2) is 9.21. The first-order valence-electron chi connectivity index (χ1n) is 9.92. The van der Waals surface area contributed by atoms with Gasteiger partial charge in [0.05, 0.1) is 50.2 Å². The van der Waals surface area contributed by atoms with Crippen molar-refractivity contribution in [1.82, 2.24) is 9.55 Å². The van der Waals surface area contributed by atoms with Crippen LogP contribution in [-0.4, -0.2) is 49.0 Å². The van der Waals surface area contributed by atoms with Crippen LogP contribution in [0.2, 0.25) is 0 Å². The lowest BCUT2D eigenvalue weighted by atomic mass is 10.1. The highest BCUT2D eigenvalue weighted by Gasteiger charge is 2.32. The van der Waals surface area contributed by atoms with E-state index in [1.807, 2.05) is 0 Å². The molecule has 0 atom stereocenters. The molecule has 0 unspecified atom stereocenters. The molecule has 170 valence electrons. The van der Waals surface area contributed by atoms with E-state index in [0.29, 0.717) is 22.2 Å². The topological polar surface area (TPSA) is 100.0 Å². The number of benzene rings is 2. The van der Waals surface area contributed by atoms with Crippen molar-refractivity contribution < 1.29 is 28.2 Å². The zero-order valence-electron chi connectivity index (χ0n) is 17.9. The Labute approximate surface area is 187 Å². The molecule has 0 amide bonds. The highest BCUT2D eigenvalue weighted by Crippen LogP contribution is 2.28. The quantitative estimate of drug-likeness (QED) is 0.541. The summed E-state index contributed by atoms with van der Waals surface area (Å²) in [5.41, 5.74) is 0.848. The van der Waals surface area contributed by atoms with Gasteiger partial charge in [-0.2, -0.15) is 0 Å². The molecule has 10 heteroatoms. The summed E-state index contributed by atoms with van der Waals surface area (Å²) >= 11 is 0. The highest BCUT2D eigenvalue weighted by atomic mass is 19.1. The summed E-state index contributed by atoms with van der Waals surface area (Å²) in [5, 5.41) is 0.312. The first-order chi connectivity index (χ1) is 15.9. The lowest BCUT2D eigenvalue weighted by Gasteiger charge is -2.31. The van der Waals surface area contributed by atoms with Gasteiger partial charge in [0.25, 0.3) is 5.56 Å². The van der Waals surface area contributed by atoms with Crippen LogP contribution in [0.3, 0.4) is 0 Å². The van der Waals surface area contributed by atoms with E-state index in [9.17, 15) is 18.8 Å². The fourth-order valence-electron chi connectivity index (χ4n) is 3.58. The summed E-state index contributed by atoms with van der Waals surface area (Å²) in [4.78, 5) is 43.4. The van der Waals surface area contributed by atoms with Gasteiger partial charge in [-0.05, 0) is 24.3 Å². The Hall–Kier alpha value is -4.05. The number of nitrogens with zero attached hydrogens (tertiary/aromatic N) is 3. The average Bonchev–Trinajstić information content (AvgIpc) is 2.85. The fourth-order valence-corrected chi connectivity index (χ4v) is 3.58. The standard InChI is InChI=1S/C23H20FN3O6/c1-31-22(29)17-11-33-13-27(20(17)23(30)32-2)15-7-8-16-19(9-15)25-12-26(21(16)28)10-14-5-3-4-6-18(14)24/h3-9,12H,10-11,13H2,1-2H3. The van der Waals surface area contributed by atoms with Crippen molar-refractivity contribution in [1.29, 1.82) is 0 Å². The van der Waals surface area contributed by atoms with Crippen LogP contribution in [0.5, 0.6) is 0 Å². The van der Waals surface area contributed by atoms with Gasteiger partial charge in [0.2, 0.25) is 0 Å². The summed E-state index contributed by atoms with van der Waals surface area (Å²) in [7, 11) is 2.41. The van der Waals surface area contributed by atoms with Crippen LogP contribution in [-0.2, 0) is 30.3 Å². The molecule has 0 fully saturated rings. The maximum Gasteiger partial charge on any atom is 0.355 e. The van der Waals surface area contributed by atoms with Crippen molar-refractivity contribution >= 4 is 28.5 Å². The number of anilines is 1. The van der Waals surface area contributed by atoms with Crippen molar-refractivity contribution in [3.05, 3.63) is 81.8 Å². The van der Waals surface area contributed by atoms with Crippen LogP contribution in [0.1, 0.15) is 5.56 Å². The van der Waals surface area contributed by atoms with E-state index in [1.54, 1.807) is 36.4 Å². The first kappa shape index (κ1) is 22.2. The molecule has 1 aromatic heterocycles. The van der Waals surface area contributed by atoms with Crippen molar-refractivity contribution in [3.63, 3.8) is 0 Å². The van der Waals surface area contributed by atoms with Gasteiger partial charge in [0, 0.05) is 11.3 Å². The number of carbonyl (C=O) groups is 2. The smallest absolute Gasteiger partial charge is 0.355 e. The molecule has 2 aromatic carbocycles. The minimum atomic E-state index is -0.730. The predicted octanol–water partition coefficient (Wildman–Crippen LogP) is 1.98. The third kappa shape index (κ3) is 4.20. The molecule has 2 heterocycles. The molecule has 0 radical (unpaired) electrons. The van der Waals surface area contributed by atoms with Crippen molar-refractivity contribution in [2.75, 3.05) is 32.5 Å². The number of ether oxygens (including phenoxy) is 3. The van der Waals surface area contributed by atoms with E-state index in [1.165, 1.54) is 36.1 Å². The van der Waals surface area contributed by atoms with E-state index in [0.717, 1.165) is 0 Å². The summed E-state index contributed by atoms with van der Waals surface area (Å²) in [5.74, 6) is -1.85. The molecule has 1 aliphatic rings. The van der Waals surface area contributed by atoms with Gasteiger partial charge in [-0.25, -0.2) is 19.0 Å². The molecule has 33 heavy (non-hydrogen) atoms. The van der Waals surface area contributed by atoms with Gasteiger partial charge in [0.15, 0.2) is 0 Å². The van der Waals surface area contributed by atoms with Crippen LogP contribution < -0.4 is 10.5 Å². The Kier molecular flexibility index (Phi) is 6.18. The molecule has 0 bridgehead atoms. The molecule has 0 aliphatic carbocycles. The molecular weight excluding hydrogens is 433 g/mol. The Morgan fingerprint density at radius 3 is 2.61 bits per heavy atom. The molecule has 0 N–H and O–H groups in total. The fraction of sp³-hybridized carbons (Fsp3) is 0.217. The molecule has 9 nitrogen and oxygen atoms in total. The lowest BCUT2D eigenvalue weighted by Crippen LogP contribution is -2.38. The SMILES string of the molecule is COC(=O)C1=C(C(=O)OC)N(c2ccc3c(=O)n(Cc4ccccc4F)cnc3c2)COC1. The van der Waals surface area contributed by atoms with Crippen LogP contribution in [0.4, 0.5) is 10.1 Å². The zero-order valence-corrected chi connectivity index (χ0v) is 17.9. The molecule has 1 aliphatic heterocycles. The number of halogens is 1. The third-order valence-electron chi connectivity index (χ3n) is 5.25. The Balaban J connectivity index is 1.75. The summed E-state index contributed by atoms with van der Waals surface area (Å²) < 4.78 is 30.4. The van der Waals surface area contributed by atoms with Crippen molar-refractivity contribution in [2.24, 2.45) is 0 Å². The zero-order chi connectivity index (χ0) is 23.5. The maximum atomic E-state index is 14.0. The second-order valence-corrected chi connectivity index (χ2v) is 7.19. The van der Waals surface area contributed by atoms with Gasteiger partial charge < -0.3 is 19.1 Å². The number of rotatable bonds is 5. The highest BCUT2D eigenvalue weighted by molar-refractivity contribution is 6.03. The van der Waals surface area contributed by atoms with E-state index in [2.05, 4.69) is 4.98 Å². The third-order valence-corrected chi connectivity index (χ3v) is 5.25. The number of hydrogen-bond donors (Lipinski definition) is 0. The van der Waals surface area contributed by atoms with Gasteiger partial charge in [-0.1, -0.05) is 18.2 Å². The number of aromatic nitrogens is 2. The van der Waals surface area contributed by atoms with Crippen LogP contribution >= 0.6 is 0 Å². The second-order valence-electron chi connectivity index (χ2n) is 7.19. The van der Waals surface area contributed by atoms with Crippen molar-refractivity contribution in [3.8, 4) is 0 Å². The van der Waals surface area contributed by atoms with E-state index in [-0.39, 0.29) is 36.7 Å². The van der Waals surface area contributed by atoms with E-state index in [4.69, 9.17) is 14.2 Å². The van der Waals surface area contributed by atoms with Gasteiger partial charge in [-0.15, -0.1) is 0 Å². The van der Waals surface area contributed by atoms with Gasteiger partial charge in [0.1, 0.15) is 18.2 Å². The van der Waals surface area contributed by atoms with Crippen LogP contribution in [0.25, 0.3) is 10.9 Å². The summed E-state index contributed by atoms with van der Waals surface area (Å²) in [6.07, 6.45) is 1.34.